The van der Waals surface area contributed by atoms with Crippen LogP contribution in [0, 0.1) is 12.8 Å². The van der Waals surface area contributed by atoms with Gasteiger partial charge in [0.25, 0.3) is 0 Å². The number of aryl methyl sites for hydroxylation is 1. The molecule has 6 nitrogen and oxygen atoms in total. The highest BCUT2D eigenvalue weighted by atomic mass is 32.1. The van der Waals surface area contributed by atoms with Gasteiger partial charge in [0, 0.05) is 38.3 Å². The zero-order chi connectivity index (χ0) is 22.5. The monoisotopic (exact) mass is 452 g/mol. The molecule has 2 aliphatic heterocycles. The fourth-order valence-electron chi connectivity index (χ4n) is 4.66. The first kappa shape index (κ1) is 22.8. The molecule has 2 N–H and O–H groups in total. The maximum atomic E-state index is 5.57. The minimum atomic E-state index is 0.492. The highest BCUT2D eigenvalue weighted by Crippen LogP contribution is 2.29. The van der Waals surface area contributed by atoms with Crippen molar-refractivity contribution in [2.24, 2.45) is 5.92 Å². The van der Waals surface area contributed by atoms with Gasteiger partial charge in [0.2, 0.25) is 5.95 Å². The van der Waals surface area contributed by atoms with Gasteiger partial charge < -0.3 is 20.4 Å². The van der Waals surface area contributed by atoms with Crippen LogP contribution in [0.2, 0.25) is 0 Å². The van der Waals surface area contributed by atoms with Gasteiger partial charge in [-0.15, -0.1) is 0 Å². The molecule has 3 heterocycles. The fourth-order valence-corrected chi connectivity index (χ4v) is 4.82. The van der Waals surface area contributed by atoms with E-state index in [1.54, 1.807) is 0 Å². The van der Waals surface area contributed by atoms with Gasteiger partial charge >= 0.3 is 0 Å². The molecule has 32 heavy (non-hydrogen) atoms. The van der Waals surface area contributed by atoms with Crippen molar-refractivity contribution in [2.75, 3.05) is 34.8 Å². The average Bonchev–Trinajstić information content (AvgIpc) is 2.79. The van der Waals surface area contributed by atoms with E-state index in [1.165, 1.54) is 43.2 Å². The summed E-state index contributed by atoms with van der Waals surface area (Å²) in [5, 5.41) is 7.10. The summed E-state index contributed by atoms with van der Waals surface area (Å²) < 4.78 is 0. The molecule has 1 aromatic carbocycles. The zero-order valence-electron chi connectivity index (χ0n) is 19.6. The summed E-state index contributed by atoms with van der Waals surface area (Å²) in [6.07, 6.45) is 6.20. The van der Waals surface area contributed by atoms with E-state index in [4.69, 9.17) is 22.2 Å². The summed E-state index contributed by atoms with van der Waals surface area (Å²) in [6.45, 7) is 10.5. The van der Waals surface area contributed by atoms with Crippen LogP contribution < -0.4 is 20.4 Å². The first-order valence-corrected chi connectivity index (χ1v) is 12.4. The highest BCUT2D eigenvalue weighted by molar-refractivity contribution is 7.80. The zero-order valence-corrected chi connectivity index (χ0v) is 20.4. The second kappa shape index (κ2) is 10.5. The summed E-state index contributed by atoms with van der Waals surface area (Å²) in [5.74, 6) is 3.27. The van der Waals surface area contributed by atoms with Crippen LogP contribution in [0.5, 0.6) is 0 Å². The van der Waals surface area contributed by atoms with E-state index in [0.29, 0.717) is 29.6 Å². The van der Waals surface area contributed by atoms with Gasteiger partial charge in [0.05, 0.1) is 0 Å². The summed E-state index contributed by atoms with van der Waals surface area (Å²) in [6, 6.07) is 11.1. The predicted octanol–water partition coefficient (Wildman–Crippen LogP) is 4.89. The number of aromatic nitrogens is 2. The van der Waals surface area contributed by atoms with Crippen molar-refractivity contribution in [1.29, 1.82) is 0 Å². The number of hydrogen-bond donors (Lipinski definition) is 2. The number of benzene rings is 1. The van der Waals surface area contributed by atoms with E-state index in [9.17, 15) is 0 Å². The van der Waals surface area contributed by atoms with E-state index in [0.717, 1.165) is 31.3 Å². The van der Waals surface area contributed by atoms with Gasteiger partial charge in [-0.25, -0.2) is 0 Å². The van der Waals surface area contributed by atoms with Gasteiger partial charge in [0.1, 0.15) is 11.6 Å². The molecular weight excluding hydrogens is 416 g/mol. The number of nitrogens with zero attached hydrogens (tertiary/aromatic N) is 4. The fraction of sp³-hybridized carbons (Fsp3) is 0.560. The molecule has 2 aliphatic rings. The number of nitrogens with one attached hydrogen (secondary N) is 2. The lowest BCUT2D eigenvalue weighted by atomic mass is 10.0. The van der Waals surface area contributed by atoms with Crippen LogP contribution in [0.1, 0.15) is 57.1 Å². The lowest BCUT2D eigenvalue weighted by Crippen LogP contribution is -2.39. The molecule has 2 saturated heterocycles. The summed E-state index contributed by atoms with van der Waals surface area (Å²) in [5.41, 5.74) is 2.45. The normalized spacial score (nSPS) is 21.3. The van der Waals surface area contributed by atoms with Crippen molar-refractivity contribution < 1.29 is 0 Å². The van der Waals surface area contributed by atoms with Crippen molar-refractivity contribution in [3.05, 3.63) is 41.5 Å². The third-order valence-electron chi connectivity index (χ3n) is 6.58. The van der Waals surface area contributed by atoms with Crippen molar-refractivity contribution in [1.82, 2.24) is 15.3 Å². The van der Waals surface area contributed by atoms with Crippen LogP contribution in [0.15, 0.2) is 30.3 Å². The topological polar surface area (TPSA) is 56.3 Å². The number of hydrogen-bond acceptors (Lipinski definition) is 5. The highest BCUT2D eigenvalue weighted by Gasteiger charge is 2.24. The number of thiocarbonyl (C=S) groups is 1. The molecule has 7 heteroatoms. The Morgan fingerprint density at radius 2 is 1.81 bits per heavy atom. The molecule has 172 valence electrons. The summed E-state index contributed by atoms with van der Waals surface area (Å²) >= 11 is 5.57. The number of piperidine rings is 2. The second-order valence-corrected chi connectivity index (χ2v) is 9.84. The van der Waals surface area contributed by atoms with Crippen LogP contribution in [0.25, 0.3) is 0 Å². The Balaban J connectivity index is 1.51. The molecule has 0 bridgehead atoms. The molecule has 0 aliphatic carbocycles. The first-order chi connectivity index (χ1) is 15.5. The Hall–Kier alpha value is -2.41. The Morgan fingerprint density at radius 1 is 1.03 bits per heavy atom. The minimum absolute atomic E-state index is 0.492. The third kappa shape index (κ3) is 5.88. The molecule has 0 saturated carbocycles. The van der Waals surface area contributed by atoms with Gasteiger partial charge in [0.15, 0.2) is 5.11 Å². The standard InChI is InChI=1S/C25H36N6S/c1-18-9-11-21(12-10-18)16-26-25(32)29-24-27-22(30-13-6-7-19(2)17-30)15-23(28-24)31-14-5-4-8-20(31)3/h9-12,15,19-20H,4-8,13-14,16-17H2,1-3H3,(H2,26,27,28,29,32)/t19-,20-/m1/s1. The third-order valence-corrected chi connectivity index (χ3v) is 6.82. The van der Waals surface area contributed by atoms with Crippen molar-refractivity contribution in [3.8, 4) is 0 Å². The van der Waals surface area contributed by atoms with Gasteiger partial charge in [-0.3, -0.25) is 0 Å². The van der Waals surface area contributed by atoms with E-state index in [2.05, 4.69) is 71.5 Å². The molecule has 0 spiro atoms. The van der Waals surface area contributed by atoms with Crippen molar-refractivity contribution in [3.63, 3.8) is 0 Å². The Kier molecular flexibility index (Phi) is 7.45. The Labute approximate surface area is 197 Å². The van der Waals surface area contributed by atoms with Crippen LogP contribution in [-0.4, -0.2) is 40.8 Å². The largest absolute Gasteiger partial charge is 0.358 e. The molecule has 2 fully saturated rings. The van der Waals surface area contributed by atoms with Gasteiger partial charge in [-0.1, -0.05) is 36.8 Å². The molecule has 0 radical (unpaired) electrons. The van der Waals surface area contributed by atoms with Gasteiger partial charge in [-0.2, -0.15) is 9.97 Å². The van der Waals surface area contributed by atoms with E-state index < -0.39 is 0 Å². The quantitative estimate of drug-likeness (QED) is 0.627. The maximum Gasteiger partial charge on any atom is 0.232 e. The molecular formula is C25H36N6S. The van der Waals surface area contributed by atoms with Crippen LogP contribution >= 0.6 is 12.2 Å². The summed E-state index contributed by atoms with van der Waals surface area (Å²) in [7, 11) is 0. The van der Waals surface area contributed by atoms with Crippen LogP contribution in [0.4, 0.5) is 17.6 Å². The summed E-state index contributed by atoms with van der Waals surface area (Å²) in [4.78, 5) is 14.6. The van der Waals surface area contributed by atoms with Crippen molar-refractivity contribution >= 4 is 34.9 Å². The number of rotatable bonds is 5. The minimum Gasteiger partial charge on any atom is -0.358 e. The lowest BCUT2D eigenvalue weighted by molar-refractivity contribution is 0.444. The second-order valence-electron chi connectivity index (χ2n) is 9.43. The van der Waals surface area contributed by atoms with Crippen LogP contribution in [-0.2, 0) is 6.54 Å². The molecule has 0 amide bonds. The molecule has 2 atom stereocenters. The molecule has 1 aromatic heterocycles. The van der Waals surface area contributed by atoms with E-state index in [-0.39, 0.29) is 0 Å². The van der Waals surface area contributed by atoms with Crippen molar-refractivity contribution in [2.45, 2.75) is 65.5 Å². The smallest absolute Gasteiger partial charge is 0.232 e. The molecule has 4 rings (SSSR count). The lowest BCUT2D eigenvalue weighted by Gasteiger charge is -2.36. The number of anilines is 3. The van der Waals surface area contributed by atoms with Crippen LogP contribution in [0.3, 0.4) is 0 Å². The Bertz CT molecular complexity index is 915. The maximum absolute atomic E-state index is 5.57. The Morgan fingerprint density at radius 3 is 2.56 bits per heavy atom. The molecule has 0 unspecified atom stereocenters. The average molecular weight is 453 g/mol. The molecule has 2 aromatic rings. The SMILES string of the molecule is Cc1ccc(CNC(=S)Nc2nc(N3CCC[C@@H](C)C3)cc(N3CCCC[C@H]3C)n2)cc1. The van der Waals surface area contributed by atoms with E-state index in [1.807, 2.05) is 0 Å². The van der Waals surface area contributed by atoms with E-state index >= 15 is 0 Å². The first-order valence-electron chi connectivity index (χ1n) is 12.0. The predicted molar refractivity (Wildman–Crippen MR) is 138 cm³/mol. The van der Waals surface area contributed by atoms with Gasteiger partial charge in [-0.05, 0) is 69.7 Å².